The third-order valence-electron chi connectivity index (χ3n) is 2.67. The molecule has 0 aliphatic rings. The molecule has 0 aromatic rings. The molecule has 0 aliphatic heterocycles. The Kier molecular flexibility index (Phi) is 8.07. The number of halogens is 13. The van der Waals surface area contributed by atoms with E-state index in [1.54, 1.807) is 0 Å². The molecule has 0 atom stereocenters. The first-order valence-corrected chi connectivity index (χ1v) is 6.97. The van der Waals surface area contributed by atoms with E-state index >= 15 is 0 Å². The standard InChI is InChI=1S/C8H5F13O3S.Na.H/c9-3(10,1-2-25(22,23)24)4(11,12)5(13,14)6(15,16)7(17,18)8(19,20)21;;/h1-2H2,(H,22,23,24);;. The molecule has 0 fully saturated rings. The van der Waals surface area contributed by atoms with E-state index < -0.39 is 58.1 Å². The first kappa shape index (κ1) is 28.2. The Morgan fingerprint density at radius 3 is 1.19 bits per heavy atom. The Bertz CT molecular complexity index is 597. The van der Waals surface area contributed by atoms with Gasteiger partial charge in [0.15, 0.2) is 0 Å². The van der Waals surface area contributed by atoms with Crippen molar-refractivity contribution in [2.45, 2.75) is 42.2 Å². The van der Waals surface area contributed by atoms with E-state index in [4.69, 9.17) is 4.55 Å². The van der Waals surface area contributed by atoms with Crippen LogP contribution in [0.1, 0.15) is 6.42 Å². The van der Waals surface area contributed by atoms with Crippen LogP contribution in [0.3, 0.4) is 0 Å². The van der Waals surface area contributed by atoms with E-state index in [0.29, 0.717) is 0 Å². The van der Waals surface area contributed by atoms with Gasteiger partial charge in [-0.25, -0.2) is 0 Å². The topological polar surface area (TPSA) is 54.4 Å². The van der Waals surface area contributed by atoms with E-state index in [9.17, 15) is 65.5 Å². The first-order chi connectivity index (χ1) is 10.5. The summed E-state index contributed by atoms with van der Waals surface area (Å²) >= 11 is 0. The van der Waals surface area contributed by atoms with Crippen molar-refractivity contribution in [3.8, 4) is 0 Å². The molecule has 1 N–H and O–H groups in total. The fourth-order valence-corrected chi connectivity index (χ4v) is 1.73. The van der Waals surface area contributed by atoms with Crippen molar-refractivity contribution in [2.75, 3.05) is 5.75 Å². The fourth-order valence-electron chi connectivity index (χ4n) is 1.22. The van der Waals surface area contributed by atoms with E-state index in [0.717, 1.165) is 0 Å². The molecule has 0 radical (unpaired) electrons. The summed E-state index contributed by atoms with van der Waals surface area (Å²) < 4.78 is 192. The summed E-state index contributed by atoms with van der Waals surface area (Å²) in [4.78, 5) is 0. The van der Waals surface area contributed by atoms with Crippen molar-refractivity contribution in [1.82, 2.24) is 0 Å². The van der Waals surface area contributed by atoms with E-state index in [2.05, 4.69) is 0 Å². The van der Waals surface area contributed by atoms with Gasteiger partial charge in [0, 0.05) is 6.42 Å². The molecule has 0 spiro atoms. The molecular weight excluding hydrogens is 446 g/mol. The summed E-state index contributed by atoms with van der Waals surface area (Å²) in [6.45, 7) is 0. The summed E-state index contributed by atoms with van der Waals surface area (Å²) in [5, 5.41) is 0. The van der Waals surface area contributed by atoms with Gasteiger partial charge >= 0.3 is 65.3 Å². The molecule has 0 rings (SSSR count). The van der Waals surface area contributed by atoms with Gasteiger partial charge in [-0.05, 0) is 0 Å². The number of hydrogen-bond donors (Lipinski definition) is 1. The Morgan fingerprint density at radius 1 is 0.615 bits per heavy atom. The van der Waals surface area contributed by atoms with Crippen LogP contribution in [0.15, 0.2) is 0 Å². The van der Waals surface area contributed by atoms with Crippen molar-refractivity contribution in [2.24, 2.45) is 0 Å². The number of hydrogen-bond acceptors (Lipinski definition) is 2. The van der Waals surface area contributed by atoms with Gasteiger partial charge in [0.2, 0.25) is 0 Å². The molecule has 0 heterocycles. The van der Waals surface area contributed by atoms with E-state index in [1.807, 2.05) is 0 Å². The molecule has 3 nitrogen and oxygen atoms in total. The molecule has 26 heavy (non-hydrogen) atoms. The van der Waals surface area contributed by atoms with Crippen molar-refractivity contribution < 1.29 is 70.0 Å². The molecule has 0 amide bonds. The SMILES string of the molecule is O=S(=O)(O)CCC(F)(F)C(F)(F)C(F)(F)C(F)(F)C(F)(F)C(F)(F)F.[NaH]. The van der Waals surface area contributed by atoms with Crippen LogP contribution in [0, 0.1) is 0 Å². The second kappa shape index (κ2) is 7.44. The summed E-state index contributed by atoms with van der Waals surface area (Å²) in [7, 11) is -5.52. The Balaban J connectivity index is 0. The van der Waals surface area contributed by atoms with Crippen LogP contribution in [-0.2, 0) is 10.1 Å². The van der Waals surface area contributed by atoms with Gasteiger partial charge in [0.1, 0.15) is 0 Å². The molecule has 0 bridgehead atoms. The molecule has 0 unspecified atom stereocenters. The number of alkyl halides is 13. The Hall–Kier alpha value is -0.000000000000000444. The van der Waals surface area contributed by atoms with Crippen molar-refractivity contribution in [3.05, 3.63) is 0 Å². The van der Waals surface area contributed by atoms with Crippen molar-refractivity contribution in [1.29, 1.82) is 0 Å². The predicted octanol–water partition coefficient (Wildman–Crippen LogP) is 3.35. The summed E-state index contributed by atoms with van der Waals surface area (Å²) in [6, 6.07) is 0. The minimum absolute atomic E-state index is 0. The summed E-state index contributed by atoms with van der Waals surface area (Å²) in [5.74, 6) is -40.3. The molecule has 0 aromatic carbocycles. The molecule has 0 aromatic heterocycles. The third-order valence-corrected chi connectivity index (χ3v) is 3.39. The third kappa shape index (κ3) is 4.70. The Labute approximate surface area is 157 Å². The normalized spacial score (nSPS) is 15.6. The molecule has 0 saturated heterocycles. The van der Waals surface area contributed by atoms with Crippen LogP contribution >= 0.6 is 0 Å². The number of rotatable bonds is 7. The van der Waals surface area contributed by atoms with Crippen LogP contribution in [0.5, 0.6) is 0 Å². The van der Waals surface area contributed by atoms with Gasteiger partial charge in [-0.15, -0.1) is 0 Å². The average Bonchev–Trinajstić information content (AvgIpc) is 2.33. The van der Waals surface area contributed by atoms with Crippen molar-refractivity contribution >= 4 is 39.7 Å². The Morgan fingerprint density at radius 2 is 0.923 bits per heavy atom. The van der Waals surface area contributed by atoms with Crippen LogP contribution in [0.25, 0.3) is 0 Å². The zero-order chi connectivity index (χ0) is 20.9. The van der Waals surface area contributed by atoms with Crippen LogP contribution in [0.2, 0.25) is 0 Å². The second-order valence-electron chi connectivity index (χ2n) is 4.54. The maximum atomic E-state index is 13.0. The van der Waals surface area contributed by atoms with Gasteiger partial charge in [-0.2, -0.15) is 65.5 Å². The molecule has 18 heteroatoms. The van der Waals surface area contributed by atoms with Crippen molar-refractivity contribution in [3.63, 3.8) is 0 Å². The summed E-state index contributed by atoms with van der Waals surface area (Å²) in [6.07, 6.45) is -10.5. The zero-order valence-corrected chi connectivity index (χ0v) is 11.8. The first-order valence-electron chi connectivity index (χ1n) is 5.36. The average molecular weight is 452 g/mol. The van der Waals surface area contributed by atoms with Gasteiger partial charge in [-0.3, -0.25) is 4.55 Å². The zero-order valence-electron chi connectivity index (χ0n) is 11.0. The van der Waals surface area contributed by atoms with E-state index in [-0.39, 0.29) is 29.6 Å². The second-order valence-corrected chi connectivity index (χ2v) is 6.11. The van der Waals surface area contributed by atoms with Gasteiger partial charge < -0.3 is 0 Å². The molecule has 0 aliphatic carbocycles. The molecular formula is C8H6F13NaO3S. The van der Waals surface area contributed by atoms with Gasteiger partial charge in [0.05, 0.1) is 5.75 Å². The van der Waals surface area contributed by atoms with Crippen LogP contribution in [0.4, 0.5) is 57.1 Å². The van der Waals surface area contributed by atoms with Crippen LogP contribution < -0.4 is 0 Å². The van der Waals surface area contributed by atoms with Crippen LogP contribution in [-0.4, -0.2) is 84.1 Å². The monoisotopic (exact) mass is 452 g/mol. The fraction of sp³-hybridized carbons (Fsp3) is 1.00. The molecule has 0 saturated carbocycles. The predicted molar refractivity (Wildman–Crippen MR) is 59.0 cm³/mol. The van der Waals surface area contributed by atoms with Gasteiger partial charge in [-0.1, -0.05) is 0 Å². The minimum atomic E-state index is -8.04. The quantitative estimate of drug-likeness (QED) is 0.367. The summed E-state index contributed by atoms with van der Waals surface area (Å²) in [5.41, 5.74) is 0. The van der Waals surface area contributed by atoms with E-state index in [1.165, 1.54) is 0 Å². The maximum absolute atomic E-state index is 13.0. The molecule has 154 valence electrons. The van der Waals surface area contributed by atoms with Gasteiger partial charge in [0.25, 0.3) is 10.1 Å².